The second kappa shape index (κ2) is 9.16. The minimum absolute atomic E-state index is 0.0794. The molecule has 0 unspecified atom stereocenters. The standard InChI is InChI=1S/C24H24N2O3S2/c1-30-23-14-13-19(17-21(23)24(27)26-15-7-8-16-26)31(28,29)25-22-12-6-5-11-20(22)18-9-3-2-4-10-18/h2-6,9-14,17,25H,7-8,15-16H2,1H3. The lowest BCUT2D eigenvalue weighted by molar-refractivity contribution is 0.0789. The van der Waals surface area contributed by atoms with Gasteiger partial charge in [0, 0.05) is 23.5 Å². The van der Waals surface area contributed by atoms with Crippen molar-refractivity contribution < 1.29 is 13.2 Å². The molecule has 1 aliphatic heterocycles. The monoisotopic (exact) mass is 452 g/mol. The van der Waals surface area contributed by atoms with Crippen LogP contribution in [0.2, 0.25) is 0 Å². The molecular formula is C24H24N2O3S2. The molecule has 0 aliphatic carbocycles. The third-order valence-corrected chi connectivity index (χ3v) is 7.52. The van der Waals surface area contributed by atoms with Crippen molar-refractivity contribution >= 4 is 33.4 Å². The molecule has 1 heterocycles. The summed E-state index contributed by atoms with van der Waals surface area (Å²) in [6.45, 7) is 1.43. The molecule has 4 rings (SSSR count). The number of likely N-dealkylation sites (tertiary alicyclic amines) is 1. The number of nitrogens with one attached hydrogen (secondary N) is 1. The lowest BCUT2D eigenvalue weighted by atomic mass is 10.0. The number of sulfonamides is 1. The molecule has 1 fully saturated rings. The summed E-state index contributed by atoms with van der Waals surface area (Å²) in [7, 11) is -3.88. The number of carbonyl (C=O) groups excluding carboxylic acids is 1. The lowest BCUT2D eigenvalue weighted by Gasteiger charge is -2.18. The van der Waals surface area contributed by atoms with Crippen LogP contribution in [0.5, 0.6) is 0 Å². The highest BCUT2D eigenvalue weighted by Crippen LogP contribution is 2.31. The van der Waals surface area contributed by atoms with E-state index in [4.69, 9.17) is 0 Å². The first-order valence-corrected chi connectivity index (χ1v) is 12.8. The van der Waals surface area contributed by atoms with Crippen molar-refractivity contribution in [1.82, 2.24) is 4.90 Å². The van der Waals surface area contributed by atoms with E-state index in [0.29, 0.717) is 24.3 Å². The van der Waals surface area contributed by atoms with Crippen molar-refractivity contribution in [2.75, 3.05) is 24.1 Å². The fourth-order valence-electron chi connectivity index (χ4n) is 3.76. The van der Waals surface area contributed by atoms with Crippen LogP contribution in [-0.4, -0.2) is 38.6 Å². The van der Waals surface area contributed by atoms with Crippen molar-refractivity contribution in [2.45, 2.75) is 22.6 Å². The molecule has 1 saturated heterocycles. The van der Waals surface area contributed by atoms with Gasteiger partial charge in [-0.15, -0.1) is 11.8 Å². The zero-order valence-electron chi connectivity index (χ0n) is 17.2. The fourth-order valence-corrected chi connectivity index (χ4v) is 5.43. The van der Waals surface area contributed by atoms with Gasteiger partial charge in [0.25, 0.3) is 15.9 Å². The van der Waals surface area contributed by atoms with E-state index in [-0.39, 0.29) is 10.8 Å². The highest BCUT2D eigenvalue weighted by atomic mass is 32.2. The molecule has 3 aromatic carbocycles. The zero-order valence-corrected chi connectivity index (χ0v) is 18.9. The number of hydrogen-bond donors (Lipinski definition) is 1. The number of benzene rings is 3. The highest BCUT2D eigenvalue weighted by Gasteiger charge is 2.25. The molecule has 1 amide bonds. The van der Waals surface area contributed by atoms with Gasteiger partial charge in [-0.2, -0.15) is 0 Å². The predicted octanol–water partition coefficient (Wildman–Crippen LogP) is 5.11. The topological polar surface area (TPSA) is 66.5 Å². The third-order valence-electron chi connectivity index (χ3n) is 5.36. The maximum Gasteiger partial charge on any atom is 0.261 e. The van der Waals surface area contributed by atoms with Crippen LogP contribution in [0.4, 0.5) is 5.69 Å². The predicted molar refractivity (Wildman–Crippen MR) is 126 cm³/mol. The summed E-state index contributed by atoms with van der Waals surface area (Å²) in [6, 6.07) is 21.7. The molecule has 5 nitrogen and oxygen atoms in total. The van der Waals surface area contributed by atoms with Crippen LogP contribution < -0.4 is 4.72 Å². The normalized spacial score (nSPS) is 13.9. The molecule has 7 heteroatoms. The number of thioether (sulfide) groups is 1. The number of amides is 1. The molecule has 1 N–H and O–H groups in total. The fraction of sp³-hybridized carbons (Fsp3) is 0.208. The Balaban J connectivity index is 1.69. The first kappa shape index (κ1) is 21.5. The highest BCUT2D eigenvalue weighted by molar-refractivity contribution is 7.98. The van der Waals surface area contributed by atoms with E-state index in [1.807, 2.05) is 48.7 Å². The van der Waals surface area contributed by atoms with Gasteiger partial charge >= 0.3 is 0 Å². The molecule has 31 heavy (non-hydrogen) atoms. The quantitative estimate of drug-likeness (QED) is 0.528. The average Bonchev–Trinajstić information content (AvgIpc) is 3.34. The van der Waals surface area contributed by atoms with E-state index < -0.39 is 10.0 Å². The molecule has 0 bridgehead atoms. The number of hydrogen-bond acceptors (Lipinski definition) is 4. The third kappa shape index (κ3) is 4.62. The Morgan fingerprint density at radius 2 is 1.61 bits per heavy atom. The molecule has 0 spiro atoms. The summed E-state index contributed by atoms with van der Waals surface area (Å²) >= 11 is 1.44. The SMILES string of the molecule is CSc1ccc(S(=O)(=O)Nc2ccccc2-c2ccccc2)cc1C(=O)N1CCCC1. The van der Waals surface area contributed by atoms with Gasteiger partial charge in [-0.25, -0.2) is 8.42 Å². The molecule has 160 valence electrons. The van der Waals surface area contributed by atoms with E-state index in [9.17, 15) is 13.2 Å². The first-order valence-electron chi connectivity index (χ1n) is 10.1. The maximum absolute atomic E-state index is 13.2. The van der Waals surface area contributed by atoms with Gasteiger partial charge in [-0.1, -0.05) is 48.5 Å². The summed E-state index contributed by atoms with van der Waals surface area (Å²) in [5.41, 5.74) is 2.65. The zero-order chi connectivity index (χ0) is 21.8. The Kier molecular flexibility index (Phi) is 6.34. The average molecular weight is 453 g/mol. The summed E-state index contributed by atoms with van der Waals surface area (Å²) < 4.78 is 29.2. The van der Waals surface area contributed by atoms with Crippen molar-refractivity contribution in [1.29, 1.82) is 0 Å². The summed E-state index contributed by atoms with van der Waals surface area (Å²) in [6.07, 6.45) is 3.85. The Bertz CT molecular complexity index is 1190. The van der Waals surface area contributed by atoms with Gasteiger partial charge < -0.3 is 4.90 Å². The molecule has 3 aromatic rings. The van der Waals surface area contributed by atoms with Crippen LogP contribution >= 0.6 is 11.8 Å². The Morgan fingerprint density at radius 1 is 0.935 bits per heavy atom. The van der Waals surface area contributed by atoms with Crippen LogP contribution in [0.15, 0.2) is 82.6 Å². The second-order valence-corrected chi connectivity index (χ2v) is 9.91. The molecule has 0 atom stereocenters. The summed E-state index contributed by atoms with van der Waals surface area (Å²) in [5.74, 6) is -0.108. The molecular weight excluding hydrogens is 428 g/mol. The van der Waals surface area contributed by atoms with E-state index in [1.165, 1.54) is 17.8 Å². The van der Waals surface area contributed by atoms with E-state index in [1.54, 1.807) is 29.2 Å². The van der Waals surface area contributed by atoms with E-state index >= 15 is 0 Å². The number of nitrogens with zero attached hydrogens (tertiary/aromatic N) is 1. The summed E-state index contributed by atoms with van der Waals surface area (Å²) in [5, 5.41) is 0. The van der Waals surface area contributed by atoms with Crippen molar-refractivity contribution in [3.05, 3.63) is 78.4 Å². The molecule has 0 radical (unpaired) electrons. The van der Waals surface area contributed by atoms with Gasteiger partial charge in [0.15, 0.2) is 0 Å². The minimum atomic E-state index is -3.88. The van der Waals surface area contributed by atoms with Gasteiger partial charge in [-0.3, -0.25) is 9.52 Å². The Morgan fingerprint density at radius 3 is 2.32 bits per heavy atom. The molecule has 1 aliphatic rings. The smallest absolute Gasteiger partial charge is 0.261 e. The van der Waals surface area contributed by atoms with Crippen LogP contribution in [0, 0.1) is 0 Å². The Labute approximate surface area is 187 Å². The second-order valence-electron chi connectivity index (χ2n) is 7.38. The van der Waals surface area contributed by atoms with E-state index in [0.717, 1.165) is 28.9 Å². The number of carbonyl (C=O) groups is 1. The van der Waals surface area contributed by atoms with Crippen LogP contribution in [-0.2, 0) is 10.0 Å². The van der Waals surface area contributed by atoms with Crippen molar-refractivity contribution in [3.63, 3.8) is 0 Å². The van der Waals surface area contributed by atoms with Crippen LogP contribution in [0.1, 0.15) is 23.2 Å². The van der Waals surface area contributed by atoms with Gasteiger partial charge in [-0.05, 0) is 48.9 Å². The van der Waals surface area contributed by atoms with Gasteiger partial charge in [0.2, 0.25) is 0 Å². The van der Waals surface area contributed by atoms with Crippen LogP contribution in [0.3, 0.4) is 0 Å². The minimum Gasteiger partial charge on any atom is -0.339 e. The maximum atomic E-state index is 13.2. The number of anilines is 1. The van der Waals surface area contributed by atoms with Crippen LogP contribution in [0.25, 0.3) is 11.1 Å². The lowest BCUT2D eigenvalue weighted by Crippen LogP contribution is -2.28. The number of rotatable bonds is 6. The number of para-hydroxylation sites is 1. The first-order chi connectivity index (χ1) is 15.0. The van der Waals surface area contributed by atoms with Crippen molar-refractivity contribution in [2.24, 2.45) is 0 Å². The van der Waals surface area contributed by atoms with Crippen molar-refractivity contribution in [3.8, 4) is 11.1 Å². The Hall–Kier alpha value is -2.77. The van der Waals surface area contributed by atoms with Gasteiger partial charge in [0.05, 0.1) is 16.1 Å². The summed E-state index contributed by atoms with van der Waals surface area (Å²) in [4.78, 5) is 15.7. The van der Waals surface area contributed by atoms with Gasteiger partial charge in [0.1, 0.15) is 0 Å². The largest absolute Gasteiger partial charge is 0.339 e. The molecule has 0 aromatic heterocycles. The molecule has 0 saturated carbocycles. The van der Waals surface area contributed by atoms with E-state index in [2.05, 4.69) is 4.72 Å².